The minimum absolute atomic E-state index is 0.327. The summed E-state index contributed by atoms with van der Waals surface area (Å²) in [7, 11) is -2.93. The highest BCUT2D eigenvalue weighted by atomic mass is 28.3. The highest BCUT2D eigenvalue weighted by molar-refractivity contribution is 6.90. The topological polar surface area (TPSA) is 70.8 Å². The quantitative estimate of drug-likeness (QED) is 0.225. The smallest absolute Gasteiger partial charge is 0.437 e. The standard InChI is InChI=1S/C31H43BFNO4Si/c1-12-27(36-29(34)35)23-17-22-13-14-26(33)24(15-16-39(19(2)3,20(4)5)21(6)7)28(22)25(18-23)32-37-30(8,9)31(10,11)38-32/h12-14,17-21,27H,1H2,2-11H3,(H2,34,35). The molecule has 2 aromatic rings. The Morgan fingerprint density at radius 1 is 1.05 bits per heavy atom. The molecule has 2 N–H and O–H groups in total. The summed E-state index contributed by atoms with van der Waals surface area (Å²) in [5.41, 5.74) is 10.5. The van der Waals surface area contributed by atoms with Gasteiger partial charge in [-0.3, -0.25) is 0 Å². The van der Waals surface area contributed by atoms with Crippen LogP contribution in [0, 0.1) is 17.3 Å². The van der Waals surface area contributed by atoms with Crippen molar-refractivity contribution < 1.29 is 23.2 Å². The van der Waals surface area contributed by atoms with Gasteiger partial charge in [0, 0.05) is 5.39 Å². The second-order valence-electron chi connectivity index (χ2n) is 12.5. The lowest BCUT2D eigenvalue weighted by Crippen LogP contribution is -2.43. The van der Waals surface area contributed by atoms with E-state index in [0.717, 1.165) is 5.39 Å². The van der Waals surface area contributed by atoms with Crippen molar-refractivity contribution in [2.24, 2.45) is 5.73 Å². The number of halogens is 1. The molecule has 5 nitrogen and oxygen atoms in total. The van der Waals surface area contributed by atoms with Gasteiger partial charge < -0.3 is 19.8 Å². The number of benzene rings is 2. The molecular weight excluding hydrogens is 508 g/mol. The molecule has 1 unspecified atom stereocenters. The van der Waals surface area contributed by atoms with Crippen LogP contribution in [0.3, 0.4) is 0 Å². The highest BCUT2D eigenvalue weighted by Gasteiger charge is 2.52. The van der Waals surface area contributed by atoms with Gasteiger partial charge in [0.25, 0.3) is 0 Å². The van der Waals surface area contributed by atoms with E-state index in [1.54, 1.807) is 6.07 Å². The first kappa shape index (κ1) is 30.9. The molecule has 0 saturated carbocycles. The van der Waals surface area contributed by atoms with Gasteiger partial charge in [0.2, 0.25) is 0 Å². The monoisotopic (exact) mass is 551 g/mol. The van der Waals surface area contributed by atoms with Crippen molar-refractivity contribution in [1.29, 1.82) is 0 Å². The first-order valence-electron chi connectivity index (χ1n) is 13.7. The Labute approximate surface area is 234 Å². The fraction of sp³-hybridized carbons (Fsp3) is 0.516. The minimum atomic E-state index is -2.14. The van der Waals surface area contributed by atoms with Gasteiger partial charge in [0.05, 0.1) is 16.8 Å². The fourth-order valence-corrected chi connectivity index (χ4v) is 11.1. The van der Waals surface area contributed by atoms with E-state index in [2.05, 4.69) is 59.6 Å². The predicted octanol–water partition coefficient (Wildman–Crippen LogP) is 7.17. The van der Waals surface area contributed by atoms with E-state index >= 15 is 4.39 Å². The third-order valence-electron chi connectivity index (χ3n) is 8.68. The normalized spacial score (nSPS) is 17.4. The van der Waals surface area contributed by atoms with E-state index in [-0.39, 0.29) is 0 Å². The molecule has 1 aliphatic rings. The van der Waals surface area contributed by atoms with Crippen LogP contribution in [-0.4, -0.2) is 32.5 Å². The number of primary amides is 1. The average molecular weight is 552 g/mol. The van der Waals surface area contributed by atoms with Gasteiger partial charge in [0.1, 0.15) is 20.0 Å². The maximum atomic E-state index is 15.7. The van der Waals surface area contributed by atoms with Gasteiger partial charge in [0.15, 0.2) is 0 Å². The minimum Gasteiger partial charge on any atom is -0.437 e. The maximum Gasteiger partial charge on any atom is 0.495 e. The number of carbonyl (C=O) groups excluding carboxylic acids is 1. The number of nitrogens with two attached hydrogens (primary N) is 1. The van der Waals surface area contributed by atoms with Crippen LogP contribution in [0.15, 0.2) is 36.9 Å². The number of rotatable bonds is 7. The molecule has 210 valence electrons. The molecule has 1 atom stereocenters. The molecule has 1 amide bonds. The predicted molar refractivity (Wildman–Crippen MR) is 161 cm³/mol. The van der Waals surface area contributed by atoms with Crippen molar-refractivity contribution >= 4 is 37.5 Å². The molecule has 1 saturated heterocycles. The fourth-order valence-electron chi connectivity index (χ4n) is 5.92. The third kappa shape index (κ3) is 5.68. The van der Waals surface area contributed by atoms with Gasteiger partial charge in [-0.05, 0) is 78.9 Å². The van der Waals surface area contributed by atoms with Gasteiger partial charge in [-0.1, -0.05) is 66.2 Å². The Morgan fingerprint density at radius 3 is 2.05 bits per heavy atom. The summed E-state index contributed by atoms with van der Waals surface area (Å²) in [4.78, 5) is 11.6. The number of hydrogen-bond acceptors (Lipinski definition) is 4. The molecule has 2 aromatic carbocycles. The lowest BCUT2D eigenvalue weighted by atomic mass is 9.73. The molecule has 3 rings (SSSR count). The van der Waals surface area contributed by atoms with E-state index in [0.29, 0.717) is 38.6 Å². The molecule has 8 heteroatoms. The number of hydrogen-bond donors (Lipinski definition) is 1. The second kappa shape index (κ2) is 11.1. The van der Waals surface area contributed by atoms with Crippen molar-refractivity contribution in [1.82, 2.24) is 0 Å². The Bertz CT molecular complexity index is 1290. The first-order chi connectivity index (χ1) is 18.0. The molecule has 1 aliphatic heterocycles. The van der Waals surface area contributed by atoms with E-state index in [9.17, 15) is 4.79 Å². The van der Waals surface area contributed by atoms with Crippen molar-refractivity contribution in [3.63, 3.8) is 0 Å². The Hall–Kier alpha value is -2.60. The molecule has 0 spiro atoms. The number of ether oxygens (including phenoxy) is 1. The van der Waals surface area contributed by atoms with Crippen LogP contribution in [0.2, 0.25) is 16.6 Å². The summed E-state index contributed by atoms with van der Waals surface area (Å²) in [5.74, 6) is 2.95. The van der Waals surface area contributed by atoms with E-state index in [4.69, 9.17) is 19.8 Å². The Kier molecular flexibility index (Phi) is 8.82. The van der Waals surface area contributed by atoms with Gasteiger partial charge >= 0.3 is 13.2 Å². The molecular formula is C31H43BFNO4Si. The van der Waals surface area contributed by atoms with E-state index in [1.807, 2.05) is 39.8 Å². The summed E-state index contributed by atoms with van der Waals surface area (Å²) in [6.45, 7) is 25.1. The van der Waals surface area contributed by atoms with Gasteiger partial charge in [-0.15, -0.1) is 5.54 Å². The largest absolute Gasteiger partial charge is 0.495 e. The molecule has 0 radical (unpaired) electrons. The SMILES string of the molecule is C=CC(OC(N)=O)c1cc(B2OC(C)(C)C(C)(C)O2)c2c(C#C[Si](C(C)C)(C(C)C)C(C)C)c(F)ccc2c1. The highest BCUT2D eigenvalue weighted by Crippen LogP contribution is 2.41. The van der Waals surface area contributed by atoms with Gasteiger partial charge in [-0.25, -0.2) is 9.18 Å². The summed E-state index contributed by atoms with van der Waals surface area (Å²) in [5, 5.41) is 1.36. The van der Waals surface area contributed by atoms with Crippen LogP contribution in [0.5, 0.6) is 0 Å². The zero-order valence-corrected chi connectivity index (χ0v) is 26.1. The second-order valence-corrected chi connectivity index (χ2v) is 18.0. The number of amides is 1. The molecule has 1 fully saturated rings. The maximum absolute atomic E-state index is 15.7. The number of fused-ring (bicyclic) bond motifs is 1. The summed E-state index contributed by atoms with van der Waals surface area (Å²) < 4.78 is 33.8. The lowest BCUT2D eigenvalue weighted by Gasteiger charge is -2.38. The third-order valence-corrected chi connectivity index (χ3v) is 15.0. The molecule has 0 aromatic heterocycles. The van der Waals surface area contributed by atoms with Crippen molar-refractivity contribution in [2.75, 3.05) is 0 Å². The zero-order chi connectivity index (χ0) is 29.5. The van der Waals surface area contributed by atoms with Crippen molar-refractivity contribution in [3.05, 3.63) is 53.9 Å². The molecule has 39 heavy (non-hydrogen) atoms. The Morgan fingerprint density at radius 2 is 1.59 bits per heavy atom. The van der Waals surface area contributed by atoms with E-state index < -0.39 is 44.4 Å². The number of carbonyl (C=O) groups is 1. The van der Waals surface area contributed by atoms with Crippen molar-refractivity contribution in [2.45, 2.75) is 103 Å². The Balaban J connectivity index is 2.39. The summed E-state index contributed by atoms with van der Waals surface area (Å²) >= 11 is 0. The van der Waals surface area contributed by atoms with Crippen LogP contribution >= 0.6 is 0 Å². The molecule has 1 heterocycles. The van der Waals surface area contributed by atoms with E-state index in [1.165, 1.54) is 12.1 Å². The van der Waals surface area contributed by atoms with Gasteiger partial charge in [-0.2, -0.15) is 0 Å². The van der Waals surface area contributed by atoms with Crippen LogP contribution in [0.25, 0.3) is 10.8 Å². The van der Waals surface area contributed by atoms with Crippen molar-refractivity contribution in [3.8, 4) is 11.5 Å². The molecule has 0 aliphatic carbocycles. The lowest BCUT2D eigenvalue weighted by molar-refractivity contribution is 0.00578. The van der Waals surface area contributed by atoms with Crippen LogP contribution < -0.4 is 11.2 Å². The summed E-state index contributed by atoms with van der Waals surface area (Å²) in [6, 6.07) is 6.81. The zero-order valence-electron chi connectivity index (χ0n) is 25.1. The summed E-state index contributed by atoms with van der Waals surface area (Å²) in [6.07, 6.45) is -0.214. The van der Waals surface area contributed by atoms with Crippen LogP contribution in [0.4, 0.5) is 9.18 Å². The average Bonchev–Trinajstić information content (AvgIpc) is 3.04. The molecule has 0 bridgehead atoms. The first-order valence-corrected chi connectivity index (χ1v) is 15.9. The van der Waals surface area contributed by atoms with Crippen LogP contribution in [0.1, 0.15) is 86.5 Å². The van der Waals surface area contributed by atoms with Crippen LogP contribution in [-0.2, 0) is 14.0 Å².